The van der Waals surface area contributed by atoms with Crippen molar-refractivity contribution in [2.45, 2.75) is 0 Å². The smallest absolute Gasteiger partial charge is 0.164 e. The van der Waals surface area contributed by atoms with Crippen LogP contribution in [0.25, 0.3) is 126 Å². The van der Waals surface area contributed by atoms with E-state index in [0.717, 1.165) is 49.7 Å². The molecule has 0 amide bonds. The minimum Gasteiger partial charge on any atom is -0.309 e. The maximum Gasteiger partial charge on any atom is 0.164 e. The Morgan fingerprint density at radius 2 is 0.894 bits per heavy atom. The normalized spacial score (nSPS) is 13.3. The molecule has 4 nitrogen and oxygen atoms in total. The van der Waals surface area contributed by atoms with Gasteiger partial charge in [0.15, 0.2) is 17.5 Å². The molecular formula is C61H38N4S. The quantitative estimate of drug-likeness (QED) is 0.160. The molecule has 0 aliphatic heterocycles. The molecule has 0 radical (unpaired) electrons. The van der Waals surface area contributed by atoms with Crippen LogP contribution >= 0.6 is 11.3 Å². The fourth-order valence-electron chi connectivity index (χ4n) is 9.22. The minimum absolute atomic E-state index is 0.00902. The van der Waals surface area contributed by atoms with Gasteiger partial charge in [-0.3, -0.25) is 0 Å². The second kappa shape index (κ2) is 15.6. The third-order valence-electron chi connectivity index (χ3n) is 12.3. The molecule has 0 aliphatic rings. The summed E-state index contributed by atoms with van der Waals surface area (Å²) in [6, 6.07) is 57.4. The van der Waals surface area contributed by atoms with Crippen molar-refractivity contribution in [3.05, 3.63) is 230 Å². The van der Waals surface area contributed by atoms with E-state index < -0.39 is 36.3 Å². The van der Waals surface area contributed by atoms with E-state index in [2.05, 4.69) is 97.1 Å². The number of fused-ring (bicyclic) bond motifs is 7. The fourth-order valence-corrected chi connectivity index (χ4v) is 10.5. The lowest BCUT2D eigenvalue weighted by molar-refractivity contribution is 1.07. The van der Waals surface area contributed by atoms with Gasteiger partial charge in [0, 0.05) is 53.2 Å². The monoisotopic (exact) mass is 866 g/mol. The zero-order chi connectivity index (χ0) is 50.5. The fraction of sp³-hybridized carbons (Fsp3) is 0. The number of benzene rings is 10. The van der Waals surface area contributed by atoms with Crippen molar-refractivity contribution < 1.29 is 11.0 Å². The van der Waals surface area contributed by atoms with Gasteiger partial charge in [-0.05, 0) is 68.9 Å². The van der Waals surface area contributed by atoms with E-state index in [0.29, 0.717) is 34.3 Å². The van der Waals surface area contributed by atoms with E-state index in [1.807, 2.05) is 84.9 Å². The molecule has 3 aromatic heterocycles. The second-order valence-electron chi connectivity index (χ2n) is 16.2. The average Bonchev–Trinajstić information content (AvgIpc) is 4.02. The van der Waals surface area contributed by atoms with Gasteiger partial charge < -0.3 is 4.57 Å². The summed E-state index contributed by atoms with van der Waals surface area (Å²) in [5.74, 6) is 1.14. The average molecular weight is 867 g/mol. The van der Waals surface area contributed by atoms with E-state index in [9.17, 15) is 2.74 Å². The highest BCUT2D eigenvalue weighted by Gasteiger charge is 2.20. The van der Waals surface area contributed by atoms with E-state index in [1.54, 1.807) is 15.9 Å². The summed E-state index contributed by atoms with van der Waals surface area (Å²) < 4.78 is 75.9. The third-order valence-corrected chi connectivity index (χ3v) is 13.5. The topological polar surface area (TPSA) is 43.6 Å². The number of hydrogen-bond acceptors (Lipinski definition) is 4. The Bertz CT molecular complexity index is 4390. The Morgan fingerprint density at radius 1 is 0.364 bits per heavy atom. The molecule has 3 heterocycles. The predicted molar refractivity (Wildman–Crippen MR) is 277 cm³/mol. The van der Waals surface area contributed by atoms with Crippen LogP contribution in [0.1, 0.15) is 11.0 Å². The van der Waals surface area contributed by atoms with Crippen molar-refractivity contribution in [2.24, 2.45) is 0 Å². The van der Waals surface area contributed by atoms with Gasteiger partial charge in [0.2, 0.25) is 0 Å². The van der Waals surface area contributed by atoms with Crippen LogP contribution in [-0.4, -0.2) is 19.5 Å². The molecule has 0 spiro atoms. The second-order valence-corrected chi connectivity index (χ2v) is 17.2. The highest BCUT2D eigenvalue weighted by atomic mass is 32.1. The van der Waals surface area contributed by atoms with Crippen molar-refractivity contribution in [2.75, 3.05) is 0 Å². The lowest BCUT2D eigenvalue weighted by Gasteiger charge is -2.16. The number of hydrogen-bond donors (Lipinski definition) is 0. The maximum atomic E-state index is 9.33. The number of thiophene rings is 1. The van der Waals surface area contributed by atoms with Gasteiger partial charge in [-0.2, -0.15) is 0 Å². The Balaban J connectivity index is 1.05. The third kappa shape index (κ3) is 6.40. The van der Waals surface area contributed by atoms with Crippen molar-refractivity contribution in [3.63, 3.8) is 0 Å². The van der Waals surface area contributed by atoms with Gasteiger partial charge in [0.1, 0.15) is 0 Å². The summed E-state index contributed by atoms with van der Waals surface area (Å²) in [5, 5.41) is 4.66. The molecule has 0 unspecified atom stereocenters. The minimum atomic E-state index is -0.508. The SMILES string of the molecule is [2H]c1c([2H])c([2H])c2c(c1[2H])c1c([2H])c([2H])c([2H])c([2H])c1n2-c1cc(-c2nc(-c3ccc(-c4cccc5c4sc4ccccc45)cc3)nc(-c3cccc(-c4cccc5ccccc45)c3)n2)ccc1-c1ccccc1. The van der Waals surface area contributed by atoms with Gasteiger partial charge in [0.05, 0.1) is 27.7 Å². The van der Waals surface area contributed by atoms with Gasteiger partial charge in [-0.25, -0.2) is 15.0 Å². The number of nitrogens with zero attached hydrogens (tertiary/aromatic N) is 4. The summed E-state index contributed by atoms with van der Waals surface area (Å²) >= 11 is 1.78. The molecule has 0 saturated heterocycles. The number of rotatable bonds is 7. The van der Waals surface area contributed by atoms with Crippen LogP contribution in [-0.2, 0) is 0 Å². The molecule has 66 heavy (non-hydrogen) atoms. The van der Waals surface area contributed by atoms with Gasteiger partial charge in [0.25, 0.3) is 0 Å². The molecule has 13 aromatic rings. The first-order chi connectivity index (χ1) is 36.0. The van der Waals surface area contributed by atoms with Crippen LogP contribution < -0.4 is 0 Å². The number of aromatic nitrogens is 4. The highest BCUT2D eigenvalue weighted by molar-refractivity contribution is 7.26. The molecule has 308 valence electrons. The molecule has 13 rings (SSSR count). The predicted octanol–water partition coefficient (Wildman–Crippen LogP) is 16.5. The summed E-state index contributed by atoms with van der Waals surface area (Å²) in [6.07, 6.45) is 0. The summed E-state index contributed by atoms with van der Waals surface area (Å²) in [6.45, 7) is 0. The van der Waals surface area contributed by atoms with E-state index in [4.69, 9.17) is 23.2 Å². The number of para-hydroxylation sites is 2. The Labute approximate surface area is 396 Å². The molecule has 0 bridgehead atoms. The molecule has 0 fully saturated rings. The summed E-state index contributed by atoms with van der Waals surface area (Å²) in [7, 11) is 0. The highest BCUT2D eigenvalue weighted by Crippen LogP contribution is 2.42. The molecule has 0 N–H and O–H groups in total. The molecular weight excluding hydrogens is 821 g/mol. The van der Waals surface area contributed by atoms with Gasteiger partial charge in [-0.1, -0.05) is 200 Å². The Kier molecular flexibility index (Phi) is 7.24. The molecule has 0 aliphatic carbocycles. The molecule has 10 aromatic carbocycles. The van der Waals surface area contributed by atoms with Crippen LogP contribution in [0, 0.1) is 0 Å². The van der Waals surface area contributed by atoms with Crippen molar-refractivity contribution in [1.82, 2.24) is 19.5 Å². The largest absolute Gasteiger partial charge is 0.309 e. The standard InChI is InChI=1S/C61H38N4S/c1-2-15-40(16-3-1)48-36-35-45(38-56(48)65-54-28-9-6-22-50(54)51-23-7-10-29-55(51)65)61-63-59(42-33-31-41(32-34-42)49-26-14-27-53-52-24-8-11-30-57(52)66-58(49)53)62-60(64-61)44-20-12-19-43(37-44)47-25-13-18-39-17-4-5-21-46(39)47/h1-38H/i6D,7D,9D,10D,22D,23D,28D,29D. The zero-order valence-electron chi connectivity index (χ0n) is 43.0. The Hall–Kier alpha value is -8.51. The summed E-state index contributed by atoms with van der Waals surface area (Å²) in [5.41, 5.74) is 8.08. The van der Waals surface area contributed by atoms with Crippen LogP contribution in [0.3, 0.4) is 0 Å². The van der Waals surface area contributed by atoms with E-state index in [1.165, 1.54) is 20.2 Å². The zero-order valence-corrected chi connectivity index (χ0v) is 35.8. The first-order valence-corrected chi connectivity index (χ1v) is 22.4. The van der Waals surface area contributed by atoms with Gasteiger partial charge >= 0.3 is 0 Å². The van der Waals surface area contributed by atoms with Crippen molar-refractivity contribution in [3.8, 4) is 73.2 Å². The first kappa shape index (κ1) is 30.6. The van der Waals surface area contributed by atoms with Crippen molar-refractivity contribution in [1.29, 1.82) is 0 Å². The van der Waals surface area contributed by atoms with Crippen LogP contribution in [0.15, 0.2) is 230 Å². The van der Waals surface area contributed by atoms with Crippen LogP contribution in [0.5, 0.6) is 0 Å². The molecule has 5 heteroatoms. The molecule has 0 saturated carbocycles. The van der Waals surface area contributed by atoms with E-state index in [-0.39, 0.29) is 33.9 Å². The lowest BCUT2D eigenvalue weighted by Crippen LogP contribution is -2.02. The van der Waals surface area contributed by atoms with Crippen LogP contribution in [0.2, 0.25) is 0 Å². The first-order valence-electron chi connectivity index (χ1n) is 25.6. The van der Waals surface area contributed by atoms with E-state index >= 15 is 0 Å². The van der Waals surface area contributed by atoms with Gasteiger partial charge in [-0.15, -0.1) is 11.3 Å². The van der Waals surface area contributed by atoms with Crippen LogP contribution in [0.4, 0.5) is 0 Å². The molecule has 0 atom stereocenters. The van der Waals surface area contributed by atoms with Crippen molar-refractivity contribution >= 4 is 64.1 Å². The maximum absolute atomic E-state index is 9.33. The lowest BCUT2D eigenvalue weighted by atomic mass is 9.97. The summed E-state index contributed by atoms with van der Waals surface area (Å²) in [4.78, 5) is 15.6. The Morgan fingerprint density at radius 3 is 1.68 bits per heavy atom.